The highest BCUT2D eigenvalue weighted by Gasteiger charge is 2.15. The summed E-state index contributed by atoms with van der Waals surface area (Å²) in [5.74, 6) is 0.00147. The van der Waals surface area contributed by atoms with Crippen LogP contribution in [0.1, 0.15) is 13.3 Å². The number of carbonyl (C=O) groups excluding carboxylic acids is 1. The molecule has 3 N–H and O–H groups in total. The number of carboxylic acid groups (broad SMARTS) is 1. The number of hydrogen-bond donors (Lipinski definition) is 3. The third-order valence-electron chi connectivity index (χ3n) is 1.94. The highest BCUT2D eigenvalue weighted by molar-refractivity contribution is 7.99. The number of carbonyl (C=O) groups is 2. The van der Waals surface area contributed by atoms with Gasteiger partial charge in [-0.3, -0.25) is 4.79 Å². The SMILES string of the molecule is CCOCC(O)CSCCC(NC=O)C(=O)O. The van der Waals surface area contributed by atoms with Crippen molar-refractivity contribution in [2.45, 2.75) is 25.5 Å². The second-order valence-electron chi connectivity index (χ2n) is 3.35. The first-order valence-corrected chi connectivity index (χ1v) is 6.53. The number of thioether (sulfide) groups is 1. The van der Waals surface area contributed by atoms with Crippen LogP contribution >= 0.6 is 11.8 Å². The van der Waals surface area contributed by atoms with E-state index in [1.807, 2.05) is 6.92 Å². The van der Waals surface area contributed by atoms with Gasteiger partial charge in [0.25, 0.3) is 0 Å². The fourth-order valence-electron chi connectivity index (χ4n) is 1.08. The van der Waals surface area contributed by atoms with E-state index >= 15 is 0 Å². The number of nitrogens with one attached hydrogen (secondary N) is 1. The molecular weight excluding hydrogens is 246 g/mol. The summed E-state index contributed by atoms with van der Waals surface area (Å²) in [5.41, 5.74) is 0. The molecule has 0 bridgehead atoms. The Balaban J connectivity index is 3.60. The van der Waals surface area contributed by atoms with Crippen LogP contribution in [0, 0.1) is 0 Å². The molecule has 0 saturated heterocycles. The van der Waals surface area contributed by atoms with Gasteiger partial charge >= 0.3 is 5.97 Å². The molecule has 0 rings (SSSR count). The molecule has 2 atom stereocenters. The summed E-state index contributed by atoms with van der Waals surface area (Å²) in [5, 5.41) is 20.4. The van der Waals surface area contributed by atoms with Crippen molar-refractivity contribution in [1.29, 1.82) is 0 Å². The van der Waals surface area contributed by atoms with Gasteiger partial charge in [0, 0.05) is 12.4 Å². The van der Waals surface area contributed by atoms with E-state index < -0.39 is 18.1 Å². The number of ether oxygens (including phenoxy) is 1. The summed E-state index contributed by atoms with van der Waals surface area (Å²) in [7, 11) is 0. The van der Waals surface area contributed by atoms with Crippen LogP contribution in [-0.4, -0.2) is 59.5 Å². The zero-order chi connectivity index (χ0) is 13.1. The Morgan fingerprint density at radius 2 is 2.29 bits per heavy atom. The minimum Gasteiger partial charge on any atom is -0.480 e. The maximum absolute atomic E-state index is 10.7. The van der Waals surface area contributed by atoms with Gasteiger partial charge in [-0.15, -0.1) is 0 Å². The second kappa shape index (κ2) is 10.4. The third kappa shape index (κ3) is 8.96. The van der Waals surface area contributed by atoms with Crippen molar-refractivity contribution in [3.05, 3.63) is 0 Å². The van der Waals surface area contributed by atoms with Crippen molar-refractivity contribution < 1.29 is 24.5 Å². The largest absolute Gasteiger partial charge is 0.480 e. The molecule has 0 heterocycles. The molecule has 0 aliphatic heterocycles. The lowest BCUT2D eigenvalue weighted by Gasteiger charge is -2.12. The Hall–Kier alpha value is -0.790. The molecule has 0 fully saturated rings. The van der Waals surface area contributed by atoms with Gasteiger partial charge in [0.1, 0.15) is 6.04 Å². The zero-order valence-electron chi connectivity index (χ0n) is 9.80. The fraction of sp³-hybridized carbons (Fsp3) is 0.800. The van der Waals surface area contributed by atoms with Crippen molar-refractivity contribution in [3.8, 4) is 0 Å². The molecule has 0 aromatic heterocycles. The maximum Gasteiger partial charge on any atom is 0.326 e. The van der Waals surface area contributed by atoms with E-state index in [1.54, 1.807) is 0 Å². The van der Waals surface area contributed by atoms with Crippen LogP contribution in [0.2, 0.25) is 0 Å². The van der Waals surface area contributed by atoms with E-state index in [4.69, 9.17) is 9.84 Å². The van der Waals surface area contributed by atoms with E-state index in [9.17, 15) is 14.7 Å². The molecule has 100 valence electrons. The number of aliphatic hydroxyl groups excluding tert-OH is 1. The first-order chi connectivity index (χ1) is 8.11. The van der Waals surface area contributed by atoms with Crippen molar-refractivity contribution in [3.63, 3.8) is 0 Å². The van der Waals surface area contributed by atoms with Crippen molar-refractivity contribution in [2.75, 3.05) is 24.7 Å². The molecule has 0 aromatic rings. The van der Waals surface area contributed by atoms with Crippen molar-refractivity contribution >= 4 is 24.1 Å². The van der Waals surface area contributed by atoms with Gasteiger partial charge < -0.3 is 20.3 Å². The lowest BCUT2D eigenvalue weighted by Crippen LogP contribution is -2.36. The zero-order valence-corrected chi connectivity index (χ0v) is 10.6. The average Bonchev–Trinajstić information content (AvgIpc) is 2.30. The Bertz CT molecular complexity index is 227. The summed E-state index contributed by atoms with van der Waals surface area (Å²) in [6, 6.07) is -0.857. The Kier molecular flexibility index (Phi) is 9.89. The highest BCUT2D eigenvalue weighted by Crippen LogP contribution is 2.07. The third-order valence-corrected chi connectivity index (χ3v) is 3.09. The molecule has 1 amide bonds. The van der Waals surface area contributed by atoms with Crippen LogP contribution < -0.4 is 5.32 Å². The molecule has 6 nitrogen and oxygen atoms in total. The number of aliphatic carboxylic acids is 1. The first-order valence-electron chi connectivity index (χ1n) is 5.37. The van der Waals surface area contributed by atoms with E-state index in [-0.39, 0.29) is 0 Å². The molecule has 0 radical (unpaired) electrons. The summed E-state index contributed by atoms with van der Waals surface area (Å²) in [6.45, 7) is 2.70. The van der Waals surface area contributed by atoms with E-state index in [0.717, 1.165) is 0 Å². The van der Waals surface area contributed by atoms with E-state index in [2.05, 4.69) is 5.32 Å². The van der Waals surface area contributed by atoms with Crippen LogP contribution in [0.25, 0.3) is 0 Å². The minimum absolute atomic E-state index is 0.290. The molecule has 0 spiro atoms. The van der Waals surface area contributed by atoms with Gasteiger partial charge in [0.05, 0.1) is 12.7 Å². The predicted octanol–water partition coefficient (Wildman–Crippen LogP) is -0.294. The fourth-order valence-corrected chi connectivity index (χ4v) is 2.02. The summed E-state index contributed by atoms with van der Waals surface area (Å²) < 4.78 is 5.03. The lowest BCUT2D eigenvalue weighted by molar-refractivity contribution is -0.140. The van der Waals surface area contributed by atoms with Crippen molar-refractivity contribution in [2.24, 2.45) is 0 Å². The molecule has 17 heavy (non-hydrogen) atoms. The van der Waals surface area contributed by atoms with Gasteiger partial charge in [-0.2, -0.15) is 11.8 Å². The van der Waals surface area contributed by atoms with Gasteiger partial charge in [-0.25, -0.2) is 4.79 Å². The summed E-state index contributed by atoms with van der Waals surface area (Å²) in [4.78, 5) is 20.8. The molecule has 0 aliphatic rings. The first kappa shape index (κ1) is 16.2. The second-order valence-corrected chi connectivity index (χ2v) is 4.50. The summed E-state index contributed by atoms with van der Waals surface area (Å²) >= 11 is 1.43. The van der Waals surface area contributed by atoms with E-state index in [0.29, 0.717) is 37.6 Å². The normalized spacial score (nSPS) is 14.0. The van der Waals surface area contributed by atoms with Crippen LogP contribution in [0.4, 0.5) is 0 Å². The van der Waals surface area contributed by atoms with Crippen LogP contribution in [0.15, 0.2) is 0 Å². The van der Waals surface area contributed by atoms with Gasteiger partial charge in [0.15, 0.2) is 0 Å². The number of aliphatic hydroxyl groups is 1. The molecule has 0 saturated carbocycles. The monoisotopic (exact) mass is 265 g/mol. The predicted molar refractivity (Wildman–Crippen MR) is 65.1 cm³/mol. The van der Waals surface area contributed by atoms with Gasteiger partial charge in [-0.1, -0.05) is 0 Å². The average molecular weight is 265 g/mol. The highest BCUT2D eigenvalue weighted by atomic mass is 32.2. The topological polar surface area (TPSA) is 95.9 Å². The van der Waals surface area contributed by atoms with Crippen LogP contribution in [0.5, 0.6) is 0 Å². The van der Waals surface area contributed by atoms with Crippen molar-refractivity contribution in [1.82, 2.24) is 5.32 Å². The maximum atomic E-state index is 10.7. The lowest BCUT2D eigenvalue weighted by atomic mass is 10.2. The quantitative estimate of drug-likeness (QED) is 0.351. The smallest absolute Gasteiger partial charge is 0.326 e. The van der Waals surface area contributed by atoms with E-state index in [1.165, 1.54) is 11.8 Å². The molecular formula is C10H19NO5S. The Morgan fingerprint density at radius 3 is 2.82 bits per heavy atom. The molecule has 2 unspecified atom stereocenters. The number of rotatable bonds is 11. The summed E-state index contributed by atoms with van der Waals surface area (Å²) in [6.07, 6.45) is 0.176. The minimum atomic E-state index is -1.05. The van der Waals surface area contributed by atoms with Gasteiger partial charge in [-0.05, 0) is 19.1 Å². The molecule has 0 aromatic carbocycles. The van der Waals surface area contributed by atoms with Crippen LogP contribution in [-0.2, 0) is 14.3 Å². The standard InChI is InChI=1S/C10H19NO5S/c1-2-16-5-8(13)6-17-4-3-9(10(14)15)11-7-12/h7-9,13H,2-6H2,1H3,(H,11,12)(H,14,15). The molecule has 7 heteroatoms. The molecule has 0 aliphatic carbocycles. The van der Waals surface area contributed by atoms with Crippen LogP contribution in [0.3, 0.4) is 0 Å². The Labute approximate surface area is 105 Å². The van der Waals surface area contributed by atoms with Gasteiger partial charge in [0.2, 0.25) is 6.41 Å². The number of amides is 1. The number of carboxylic acids is 1. The number of hydrogen-bond acceptors (Lipinski definition) is 5. The Morgan fingerprint density at radius 1 is 1.59 bits per heavy atom.